The first-order valence-corrected chi connectivity index (χ1v) is 5.53. The van der Waals surface area contributed by atoms with Gasteiger partial charge < -0.3 is 15.8 Å². The number of carbonyl (C=O) groups excluding carboxylic acids is 1. The minimum Gasteiger partial charge on any atom is -0.493 e. The third kappa shape index (κ3) is 5.31. The van der Waals surface area contributed by atoms with Gasteiger partial charge >= 0.3 is 0 Å². The number of hydrogen-bond donors (Lipinski definition) is 2. The average Bonchev–Trinajstić information content (AvgIpc) is 2.25. The second-order valence-corrected chi connectivity index (χ2v) is 3.64. The molecule has 0 aliphatic rings. The number of carbonyl (C=O) groups is 1. The Morgan fingerprint density at radius 3 is 2.88 bits per heavy atom. The van der Waals surface area contributed by atoms with E-state index in [-0.39, 0.29) is 18.8 Å². The Morgan fingerprint density at radius 1 is 1.47 bits per heavy atom. The third-order valence-electron chi connectivity index (χ3n) is 2.13. The fourth-order valence-electron chi connectivity index (χ4n) is 1.34. The van der Waals surface area contributed by atoms with Crippen molar-refractivity contribution in [3.05, 3.63) is 29.6 Å². The fraction of sp³-hybridized carbons (Fsp3) is 0.417. The van der Waals surface area contributed by atoms with E-state index >= 15 is 0 Å². The van der Waals surface area contributed by atoms with Gasteiger partial charge in [-0.25, -0.2) is 4.39 Å². The molecule has 0 spiro atoms. The predicted molar refractivity (Wildman–Crippen MR) is 63.1 cm³/mol. The van der Waals surface area contributed by atoms with Crippen LogP contribution in [-0.2, 0) is 11.3 Å². The number of halogens is 1. The normalized spacial score (nSPS) is 10.2. The molecule has 4 nitrogen and oxygen atoms in total. The molecule has 0 aromatic heterocycles. The van der Waals surface area contributed by atoms with Crippen molar-refractivity contribution >= 4 is 5.91 Å². The molecule has 0 unspecified atom stereocenters. The Morgan fingerprint density at radius 2 is 2.24 bits per heavy atom. The molecule has 0 heterocycles. The van der Waals surface area contributed by atoms with Gasteiger partial charge in [0.15, 0.2) is 0 Å². The highest BCUT2D eigenvalue weighted by Gasteiger charge is 2.02. The fourth-order valence-corrected chi connectivity index (χ4v) is 1.34. The van der Waals surface area contributed by atoms with E-state index < -0.39 is 5.91 Å². The van der Waals surface area contributed by atoms with E-state index in [2.05, 4.69) is 5.32 Å². The van der Waals surface area contributed by atoms with Gasteiger partial charge in [0.05, 0.1) is 13.0 Å². The van der Waals surface area contributed by atoms with Gasteiger partial charge in [0.1, 0.15) is 11.6 Å². The monoisotopic (exact) mass is 240 g/mol. The summed E-state index contributed by atoms with van der Waals surface area (Å²) in [5.41, 5.74) is 5.79. The lowest BCUT2D eigenvalue weighted by atomic mass is 10.2. The molecule has 1 rings (SSSR count). The molecule has 0 saturated heterocycles. The molecule has 5 heteroatoms. The maximum absolute atomic E-state index is 13.2. The first kappa shape index (κ1) is 13.4. The number of nitrogens with two attached hydrogens (primary N) is 1. The van der Waals surface area contributed by atoms with Crippen molar-refractivity contribution in [2.24, 2.45) is 5.73 Å². The first-order chi connectivity index (χ1) is 8.11. The van der Waals surface area contributed by atoms with E-state index in [1.807, 2.05) is 6.92 Å². The zero-order valence-corrected chi connectivity index (χ0v) is 9.83. The molecule has 1 aromatic carbocycles. The summed E-state index contributed by atoms with van der Waals surface area (Å²) in [6.07, 6.45) is 0.124. The largest absolute Gasteiger partial charge is 0.493 e. The van der Waals surface area contributed by atoms with Crippen LogP contribution in [0.4, 0.5) is 4.39 Å². The van der Waals surface area contributed by atoms with Gasteiger partial charge in [-0.05, 0) is 24.2 Å². The molecule has 0 radical (unpaired) electrons. The van der Waals surface area contributed by atoms with Crippen LogP contribution in [-0.4, -0.2) is 19.1 Å². The van der Waals surface area contributed by atoms with E-state index in [1.54, 1.807) is 6.07 Å². The van der Waals surface area contributed by atoms with Crippen molar-refractivity contribution in [2.45, 2.75) is 19.9 Å². The average molecular weight is 240 g/mol. The summed E-state index contributed by atoms with van der Waals surface area (Å²) in [7, 11) is 0. The zero-order valence-electron chi connectivity index (χ0n) is 9.83. The van der Waals surface area contributed by atoms with E-state index in [0.29, 0.717) is 12.3 Å². The highest BCUT2D eigenvalue weighted by Crippen LogP contribution is 2.16. The molecule has 1 amide bonds. The summed E-state index contributed by atoms with van der Waals surface area (Å²) in [6, 6.07) is 4.48. The standard InChI is InChI=1S/C12H17FN2O2/c1-2-15-8-9-5-10(13)7-11(6-9)17-4-3-12(14)16/h5-7,15H,2-4,8H2,1H3,(H2,14,16). The smallest absolute Gasteiger partial charge is 0.220 e. The summed E-state index contributed by atoms with van der Waals surface area (Å²) in [6.45, 7) is 3.54. The predicted octanol–water partition coefficient (Wildman–Crippen LogP) is 1.19. The van der Waals surface area contributed by atoms with Crippen LogP contribution in [0.15, 0.2) is 18.2 Å². The molecule has 0 aliphatic heterocycles. The Hall–Kier alpha value is -1.62. The molecule has 3 N–H and O–H groups in total. The van der Waals surface area contributed by atoms with Gasteiger partial charge in [-0.15, -0.1) is 0 Å². The van der Waals surface area contributed by atoms with Crippen molar-refractivity contribution in [3.8, 4) is 5.75 Å². The molecule has 0 fully saturated rings. The Bertz CT molecular complexity index is 383. The maximum atomic E-state index is 13.2. The van der Waals surface area contributed by atoms with Crippen molar-refractivity contribution in [3.63, 3.8) is 0 Å². The van der Waals surface area contributed by atoms with Gasteiger partial charge in [0.2, 0.25) is 5.91 Å². The van der Waals surface area contributed by atoms with Gasteiger partial charge in [-0.1, -0.05) is 6.92 Å². The van der Waals surface area contributed by atoms with Crippen LogP contribution in [0.5, 0.6) is 5.75 Å². The van der Waals surface area contributed by atoms with E-state index in [4.69, 9.17) is 10.5 Å². The van der Waals surface area contributed by atoms with Crippen LogP contribution < -0.4 is 15.8 Å². The second-order valence-electron chi connectivity index (χ2n) is 3.64. The minimum atomic E-state index is -0.436. The van der Waals surface area contributed by atoms with Gasteiger partial charge in [-0.3, -0.25) is 4.79 Å². The summed E-state index contributed by atoms with van der Waals surface area (Å²) >= 11 is 0. The van der Waals surface area contributed by atoms with Crippen LogP contribution in [0, 0.1) is 5.82 Å². The van der Waals surface area contributed by atoms with Gasteiger partial charge in [-0.2, -0.15) is 0 Å². The van der Waals surface area contributed by atoms with Crippen molar-refractivity contribution in [2.75, 3.05) is 13.2 Å². The number of hydrogen-bond acceptors (Lipinski definition) is 3. The van der Waals surface area contributed by atoms with Crippen LogP contribution in [0.2, 0.25) is 0 Å². The number of ether oxygens (including phenoxy) is 1. The topological polar surface area (TPSA) is 64.3 Å². The van der Waals surface area contributed by atoms with Crippen molar-refractivity contribution in [1.29, 1.82) is 0 Å². The highest BCUT2D eigenvalue weighted by atomic mass is 19.1. The number of amides is 1. The van der Waals surface area contributed by atoms with Gasteiger partial charge in [0.25, 0.3) is 0 Å². The number of rotatable bonds is 7. The minimum absolute atomic E-state index is 0.124. The SMILES string of the molecule is CCNCc1cc(F)cc(OCCC(N)=O)c1. The Labute approximate surface area is 100.0 Å². The maximum Gasteiger partial charge on any atom is 0.220 e. The summed E-state index contributed by atoms with van der Waals surface area (Å²) < 4.78 is 18.5. The zero-order chi connectivity index (χ0) is 12.7. The third-order valence-corrected chi connectivity index (χ3v) is 2.13. The van der Waals surface area contributed by atoms with Crippen LogP contribution in [0.3, 0.4) is 0 Å². The highest BCUT2D eigenvalue weighted by molar-refractivity contribution is 5.73. The van der Waals surface area contributed by atoms with E-state index in [0.717, 1.165) is 12.1 Å². The molecular formula is C12H17FN2O2. The number of primary amides is 1. The van der Waals surface area contributed by atoms with Crippen LogP contribution in [0.1, 0.15) is 18.9 Å². The first-order valence-electron chi connectivity index (χ1n) is 5.53. The summed E-state index contributed by atoms with van der Waals surface area (Å²) in [5, 5.41) is 3.10. The molecule has 1 aromatic rings. The second kappa shape index (κ2) is 6.85. The lowest BCUT2D eigenvalue weighted by Crippen LogP contribution is -2.15. The molecule has 94 valence electrons. The summed E-state index contributed by atoms with van der Waals surface area (Å²) in [4.78, 5) is 10.5. The van der Waals surface area contributed by atoms with Crippen LogP contribution in [0.25, 0.3) is 0 Å². The molecule has 0 bridgehead atoms. The number of nitrogens with one attached hydrogen (secondary N) is 1. The summed E-state index contributed by atoms with van der Waals surface area (Å²) in [5.74, 6) is -0.372. The van der Waals surface area contributed by atoms with Crippen LogP contribution >= 0.6 is 0 Å². The lowest BCUT2D eigenvalue weighted by molar-refractivity contribution is -0.118. The molecular weight excluding hydrogens is 223 g/mol. The quantitative estimate of drug-likeness (QED) is 0.752. The van der Waals surface area contributed by atoms with Crippen molar-refractivity contribution < 1.29 is 13.9 Å². The van der Waals surface area contributed by atoms with E-state index in [1.165, 1.54) is 12.1 Å². The Balaban J connectivity index is 2.58. The van der Waals surface area contributed by atoms with Gasteiger partial charge in [0, 0.05) is 12.6 Å². The Kier molecular flexibility index (Phi) is 5.42. The van der Waals surface area contributed by atoms with Crippen molar-refractivity contribution in [1.82, 2.24) is 5.32 Å². The molecule has 0 saturated carbocycles. The number of benzene rings is 1. The van der Waals surface area contributed by atoms with E-state index in [9.17, 15) is 9.18 Å². The lowest BCUT2D eigenvalue weighted by Gasteiger charge is -2.08. The molecule has 17 heavy (non-hydrogen) atoms. The molecule has 0 atom stereocenters. The molecule has 0 aliphatic carbocycles.